The molecule has 0 bridgehead atoms. The number of rotatable bonds is 7. The number of pyridine rings is 1. The van der Waals surface area contributed by atoms with Gasteiger partial charge in [-0.3, -0.25) is 4.98 Å². The first-order valence-corrected chi connectivity index (χ1v) is 9.77. The predicted octanol–water partition coefficient (Wildman–Crippen LogP) is 5.71. The zero-order valence-corrected chi connectivity index (χ0v) is 18.2. The van der Waals surface area contributed by atoms with Crippen molar-refractivity contribution >= 4 is 23.4 Å². The molecule has 31 heavy (non-hydrogen) atoms. The minimum atomic E-state index is -4.76. The second-order valence-electron chi connectivity index (χ2n) is 6.34. The van der Waals surface area contributed by atoms with Gasteiger partial charge < -0.3 is 9.47 Å². The molecule has 0 amide bonds. The van der Waals surface area contributed by atoms with Gasteiger partial charge >= 0.3 is 12.1 Å². The van der Waals surface area contributed by atoms with E-state index in [-0.39, 0.29) is 21.9 Å². The predicted molar refractivity (Wildman–Crippen MR) is 114 cm³/mol. The molecule has 2 rings (SSSR count). The van der Waals surface area contributed by atoms with Gasteiger partial charge in [-0.05, 0) is 38.1 Å². The maximum atomic E-state index is 13.9. The van der Waals surface area contributed by atoms with Gasteiger partial charge in [0.25, 0.3) is 0 Å². The number of carbonyl (C=O) groups excluding carboxylic acids is 1. The van der Waals surface area contributed by atoms with E-state index in [0.717, 1.165) is 24.4 Å². The molecule has 0 spiro atoms. The highest BCUT2D eigenvalue weighted by Crippen LogP contribution is 2.41. The molecule has 164 valence electrons. The Bertz CT molecular complexity index is 1030. The molecule has 0 saturated carbocycles. The Labute approximate surface area is 182 Å². The topological polar surface area (TPSA) is 60.8 Å². The first-order chi connectivity index (χ1) is 14.6. The maximum absolute atomic E-state index is 13.9. The van der Waals surface area contributed by atoms with Crippen molar-refractivity contribution in [3.05, 3.63) is 82.4 Å². The number of thioether (sulfide) groups is 1. The van der Waals surface area contributed by atoms with Crippen LogP contribution in [0.1, 0.15) is 28.5 Å². The van der Waals surface area contributed by atoms with Crippen molar-refractivity contribution in [2.75, 3.05) is 14.2 Å². The van der Waals surface area contributed by atoms with Crippen molar-refractivity contribution in [3.63, 3.8) is 0 Å². The summed E-state index contributed by atoms with van der Waals surface area (Å²) in [7, 11) is 2.32. The summed E-state index contributed by atoms with van der Waals surface area (Å²) < 4.78 is 51.3. The van der Waals surface area contributed by atoms with E-state index in [1.54, 1.807) is 24.3 Å². The van der Waals surface area contributed by atoms with Crippen LogP contribution in [0.25, 0.3) is 0 Å². The molecule has 1 heterocycles. The number of alkyl halides is 3. The van der Waals surface area contributed by atoms with E-state index in [0.29, 0.717) is 4.90 Å². The van der Waals surface area contributed by atoms with Crippen molar-refractivity contribution in [3.8, 4) is 0 Å². The second kappa shape index (κ2) is 10.3. The van der Waals surface area contributed by atoms with Crippen LogP contribution < -0.4 is 0 Å². The SMILES string of the molecule is C=C(Sc1ccc(C)cc1)/C(=C(\N=C(C)c1cc(C(=O)OC)ccn1)OC)C(F)(F)F. The highest BCUT2D eigenvalue weighted by molar-refractivity contribution is 8.03. The van der Waals surface area contributed by atoms with Crippen LogP contribution in [-0.2, 0) is 9.47 Å². The lowest BCUT2D eigenvalue weighted by Gasteiger charge is -2.17. The summed E-state index contributed by atoms with van der Waals surface area (Å²) in [6.07, 6.45) is -3.42. The molecule has 0 radical (unpaired) electrons. The Morgan fingerprint density at radius 1 is 1.13 bits per heavy atom. The fourth-order valence-electron chi connectivity index (χ4n) is 2.48. The van der Waals surface area contributed by atoms with Crippen LogP contribution in [0.3, 0.4) is 0 Å². The molecule has 2 aromatic rings. The number of methoxy groups -OCH3 is 2. The van der Waals surface area contributed by atoms with Gasteiger partial charge in [-0.1, -0.05) is 36.0 Å². The summed E-state index contributed by atoms with van der Waals surface area (Å²) in [5.41, 5.74) is 0.415. The van der Waals surface area contributed by atoms with E-state index in [2.05, 4.69) is 21.3 Å². The van der Waals surface area contributed by atoms with Crippen LogP contribution >= 0.6 is 11.8 Å². The lowest BCUT2D eigenvalue weighted by atomic mass is 10.2. The number of ether oxygens (including phenoxy) is 2. The van der Waals surface area contributed by atoms with Gasteiger partial charge in [-0.25, -0.2) is 9.79 Å². The molecule has 0 N–H and O–H groups in total. The van der Waals surface area contributed by atoms with Crippen LogP contribution in [0.4, 0.5) is 13.2 Å². The standard InChI is InChI=1S/C22H21F3N2O3S/c1-13-6-8-17(9-7-13)31-15(3)19(22(23,24)25)20(29-4)27-14(2)18-12-16(10-11-26-18)21(28)30-5/h6-12H,3H2,1-2,4-5H3/b20-19-,27-14?. The molecule has 0 fully saturated rings. The van der Waals surface area contributed by atoms with Crippen molar-refractivity contribution in [1.82, 2.24) is 4.98 Å². The lowest BCUT2D eigenvalue weighted by molar-refractivity contribution is -0.0917. The number of esters is 1. The number of hydrogen-bond acceptors (Lipinski definition) is 6. The summed E-state index contributed by atoms with van der Waals surface area (Å²) in [6, 6.07) is 9.82. The molecule has 0 aliphatic rings. The van der Waals surface area contributed by atoms with Gasteiger partial charge in [0.05, 0.1) is 31.2 Å². The molecule has 1 aromatic heterocycles. The van der Waals surface area contributed by atoms with Gasteiger partial charge in [0.1, 0.15) is 5.57 Å². The highest BCUT2D eigenvalue weighted by atomic mass is 32.2. The van der Waals surface area contributed by atoms with Crippen LogP contribution in [-0.4, -0.2) is 37.1 Å². The third kappa shape index (κ3) is 6.45. The van der Waals surface area contributed by atoms with Gasteiger partial charge in [-0.15, -0.1) is 0 Å². The Morgan fingerprint density at radius 2 is 1.77 bits per heavy atom. The summed E-state index contributed by atoms with van der Waals surface area (Å²) in [5, 5.41) is 0. The summed E-state index contributed by atoms with van der Waals surface area (Å²) >= 11 is 0.865. The van der Waals surface area contributed by atoms with E-state index in [9.17, 15) is 18.0 Å². The molecule has 0 saturated heterocycles. The lowest BCUT2D eigenvalue weighted by Crippen LogP contribution is -2.16. The van der Waals surface area contributed by atoms with Crippen molar-refractivity contribution < 1.29 is 27.4 Å². The Balaban J connectivity index is 2.48. The smallest absolute Gasteiger partial charge is 0.422 e. The largest absolute Gasteiger partial charge is 0.481 e. The first-order valence-electron chi connectivity index (χ1n) is 8.96. The molecule has 5 nitrogen and oxygen atoms in total. The molecule has 0 aliphatic heterocycles. The van der Waals surface area contributed by atoms with Crippen molar-refractivity contribution in [2.45, 2.75) is 24.9 Å². The van der Waals surface area contributed by atoms with Crippen molar-refractivity contribution in [1.29, 1.82) is 0 Å². The number of aromatic nitrogens is 1. The zero-order chi connectivity index (χ0) is 23.2. The van der Waals surface area contributed by atoms with Crippen LogP contribution in [0.5, 0.6) is 0 Å². The van der Waals surface area contributed by atoms with E-state index in [1.165, 1.54) is 32.4 Å². The first kappa shape index (κ1) is 24.2. The van der Waals surface area contributed by atoms with Crippen LogP contribution in [0.2, 0.25) is 0 Å². The molecule has 0 unspecified atom stereocenters. The van der Waals surface area contributed by atoms with Gasteiger partial charge in [-0.2, -0.15) is 13.2 Å². The van der Waals surface area contributed by atoms with E-state index in [4.69, 9.17) is 4.74 Å². The monoisotopic (exact) mass is 450 g/mol. The average molecular weight is 450 g/mol. The average Bonchev–Trinajstić information content (AvgIpc) is 2.73. The molecular weight excluding hydrogens is 429 g/mol. The number of allylic oxidation sites excluding steroid dienone is 1. The molecule has 1 aromatic carbocycles. The number of aryl methyl sites for hydroxylation is 1. The summed E-state index contributed by atoms with van der Waals surface area (Å²) in [5.74, 6) is -1.25. The van der Waals surface area contributed by atoms with Gasteiger partial charge in [0.2, 0.25) is 5.88 Å². The summed E-state index contributed by atoms with van der Waals surface area (Å²) in [6.45, 7) is 6.94. The number of nitrogens with zero attached hydrogens (tertiary/aromatic N) is 2. The van der Waals surface area contributed by atoms with E-state index >= 15 is 0 Å². The maximum Gasteiger partial charge on any atom is 0.422 e. The van der Waals surface area contributed by atoms with Crippen LogP contribution in [0.15, 0.2) is 75.4 Å². The molecule has 9 heteroatoms. The number of carbonyl (C=O) groups is 1. The number of benzene rings is 1. The number of halogens is 3. The third-order valence-corrected chi connectivity index (χ3v) is 5.01. The van der Waals surface area contributed by atoms with Gasteiger partial charge in [0, 0.05) is 16.0 Å². The highest BCUT2D eigenvalue weighted by Gasteiger charge is 2.40. The quantitative estimate of drug-likeness (QED) is 0.178. The minimum absolute atomic E-state index is 0.123. The minimum Gasteiger partial charge on any atom is -0.481 e. The van der Waals surface area contributed by atoms with Crippen molar-refractivity contribution in [2.24, 2.45) is 4.99 Å². The second-order valence-corrected chi connectivity index (χ2v) is 7.51. The van der Waals surface area contributed by atoms with Gasteiger partial charge in [0.15, 0.2) is 0 Å². The number of hydrogen-bond donors (Lipinski definition) is 0. The Hall–Kier alpha value is -3.07. The van der Waals surface area contributed by atoms with E-state index < -0.39 is 23.6 Å². The number of aliphatic imine (C=N–C) groups is 1. The zero-order valence-electron chi connectivity index (χ0n) is 17.4. The fraction of sp³-hybridized carbons (Fsp3) is 0.227. The molecule has 0 aliphatic carbocycles. The summed E-state index contributed by atoms with van der Waals surface area (Å²) in [4.78, 5) is 20.1. The molecule has 0 atom stereocenters. The van der Waals surface area contributed by atoms with E-state index in [1.807, 2.05) is 6.92 Å². The third-order valence-electron chi connectivity index (χ3n) is 4.05. The normalized spacial score (nSPS) is 12.8. The Kier molecular flexibility index (Phi) is 8.04. The molecular formula is C22H21F3N2O3S. The Morgan fingerprint density at radius 3 is 2.32 bits per heavy atom. The van der Waals surface area contributed by atoms with Crippen LogP contribution in [0, 0.1) is 6.92 Å². The fourth-order valence-corrected chi connectivity index (χ4v) is 3.35.